The molecule has 0 bridgehead atoms. The zero-order chi connectivity index (χ0) is 15.9. The molecule has 0 atom stereocenters. The molecule has 0 radical (unpaired) electrons. The number of nitrogens with one attached hydrogen (secondary N) is 1. The van der Waals surface area contributed by atoms with E-state index in [1.807, 2.05) is 18.2 Å². The predicted octanol–water partition coefficient (Wildman–Crippen LogP) is 1.91. The molecule has 0 saturated heterocycles. The van der Waals surface area contributed by atoms with Gasteiger partial charge in [0.2, 0.25) is 11.2 Å². The Morgan fingerprint density at radius 2 is 2.09 bits per heavy atom. The van der Waals surface area contributed by atoms with E-state index in [4.69, 9.17) is 21.1 Å². The van der Waals surface area contributed by atoms with Crippen LogP contribution in [-0.2, 0) is 17.8 Å². The average molecular weight is 324 g/mol. The first kappa shape index (κ1) is 16.2. The molecule has 0 spiro atoms. The van der Waals surface area contributed by atoms with Crippen molar-refractivity contribution in [2.24, 2.45) is 0 Å². The summed E-state index contributed by atoms with van der Waals surface area (Å²) in [6, 6.07) is 5.69. The number of amides is 1. The number of hydrogen-bond donors (Lipinski definition) is 1. The van der Waals surface area contributed by atoms with Crippen LogP contribution in [0.1, 0.15) is 5.56 Å². The van der Waals surface area contributed by atoms with Crippen molar-refractivity contribution in [2.45, 2.75) is 13.0 Å². The molecule has 0 aliphatic carbocycles. The molecule has 0 fully saturated rings. The minimum atomic E-state index is -0.111. The number of carbonyl (C=O) groups is 1. The lowest BCUT2D eigenvalue weighted by Gasteiger charge is -2.10. The van der Waals surface area contributed by atoms with E-state index in [1.54, 1.807) is 31.2 Å². The van der Waals surface area contributed by atoms with Gasteiger partial charge in [-0.2, -0.15) is 0 Å². The zero-order valence-corrected chi connectivity index (χ0v) is 13.3. The Balaban J connectivity index is 1.83. The maximum Gasteiger partial charge on any atom is 0.240 e. The highest BCUT2D eigenvalue weighted by molar-refractivity contribution is 6.28. The van der Waals surface area contributed by atoms with Crippen LogP contribution in [0, 0.1) is 0 Å². The lowest BCUT2D eigenvalue weighted by atomic mass is 10.1. The van der Waals surface area contributed by atoms with Crippen LogP contribution in [0.4, 0.5) is 0 Å². The van der Waals surface area contributed by atoms with Crippen LogP contribution in [0.15, 0.2) is 30.6 Å². The lowest BCUT2D eigenvalue weighted by molar-refractivity contribution is -0.121. The standard InChI is InChI=1S/C15H18ClN3O3/c1-21-12-4-3-11(9-13(12)22-2)5-6-17-14(20)10-19-8-7-18-15(19)16/h3-4,7-9H,5-6,10H2,1-2H3,(H,17,20). The molecule has 118 valence electrons. The fourth-order valence-corrected chi connectivity index (χ4v) is 2.19. The van der Waals surface area contributed by atoms with E-state index in [0.717, 1.165) is 5.56 Å². The summed E-state index contributed by atoms with van der Waals surface area (Å²) in [7, 11) is 3.19. The molecule has 1 aromatic heterocycles. The van der Waals surface area contributed by atoms with Crippen molar-refractivity contribution >= 4 is 17.5 Å². The highest BCUT2D eigenvalue weighted by Gasteiger charge is 2.07. The van der Waals surface area contributed by atoms with E-state index in [1.165, 1.54) is 0 Å². The largest absolute Gasteiger partial charge is 0.493 e. The van der Waals surface area contributed by atoms with Crippen LogP contribution in [-0.4, -0.2) is 36.2 Å². The number of carbonyl (C=O) groups excluding carboxylic acids is 1. The molecule has 0 aliphatic rings. The Labute approximate surface area is 134 Å². The SMILES string of the molecule is COc1ccc(CCNC(=O)Cn2ccnc2Cl)cc1OC. The van der Waals surface area contributed by atoms with Crippen LogP contribution < -0.4 is 14.8 Å². The fourth-order valence-electron chi connectivity index (χ4n) is 2.02. The summed E-state index contributed by atoms with van der Waals surface area (Å²) in [6.07, 6.45) is 3.92. The van der Waals surface area contributed by atoms with Gasteiger partial charge in [0.1, 0.15) is 6.54 Å². The average Bonchev–Trinajstić information content (AvgIpc) is 2.92. The molecule has 2 rings (SSSR count). The smallest absolute Gasteiger partial charge is 0.240 e. The van der Waals surface area contributed by atoms with E-state index in [2.05, 4.69) is 10.3 Å². The van der Waals surface area contributed by atoms with Crippen LogP contribution in [0.5, 0.6) is 11.5 Å². The molecule has 1 amide bonds. The van der Waals surface area contributed by atoms with Gasteiger partial charge in [-0.1, -0.05) is 6.07 Å². The number of aromatic nitrogens is 2. The summed E-state index contributed by atoms with van der Waals surface area (Å²) in [5, 5.41) is 3.15. The molecule has 0 aliphatic heterocycles. The first-order chi connectivity index (χ1) is 10.6. The summed E-state index contributed by atoms with van der Waals surface area (Å²) in [5.74, 6) is 1.25. The number of nitrogens with zero attached hydrogens (tertiary/aromatic N) is 2. The highest BCUT2D eigenvalue weighted by atomic mass is 35.5. The number of imidazole rings is 1. The van der Waals surface area contributed by atoms with Crippen molar-refractivity contribution in [3.63, 3.8) is 0 Å². The Morgan fingerprint density at radius 1 is 1.32 bits per heavy atom. The molecule has 22 heavy (non-hydrogen) atoms. The first-order valence-corrected chi connectivity index (χ1v) is 7.16. The van der Waals surface area contributed by atoms with E-state index < -0.39 is 0 Å². The summed E-state index contributed by atoms with van der Waals surface area (Å²) >= 11 is 5.82. The second-order valence-corrected chi connectivity index (χ2v) is 4.95. The van der Waals surface area contributed by atoms with Crippen molar-refractivity contribution in [1.82, 2.24) is 14.9 Å². The van der Waals surface area contributed by atoms with Gasteiger partial charge in [0.05, 0.1) is 14.2 Å². The number of rotatable bonds is 7. The minimum Gasteiger partial charge on any atom is -0.493 e. The summed E-state index contributed by atoms with van der Waals surface area (Å²) in [5.41, 5.74) is 1.05. The Morgan fingerprint density at radius 3 is 2.73 bits per heavy atom. The summed E-state index contributed by atoms with van der Waals surface area (Å²) in [6.45, 7) is 0.686. The number of hydrogen-bond acceptors (Lipinski definition) is 4. The normalized spacial score (nSPS) is 10.3. The molecule has 2 aromatic rings. The zero-order valence-electron chi connectivity index (χ0n) is 12.5. The quantitative estimate of drug-likeness (QED) is 0.845. The van der Waals surface area contributed by atoms with Gasteiger partial charge in [0, 0.05) is 18.9 Å². The predicted molar refractivity (Wildman–Crippen MR) is 83.5 cm³/mol. The summed E-state index contributed by atoms with van der Waals surface area (Å²) in [4.78, 5) is 15.7. The maximum atomic E-state index is 11.8. The van der Waals surface area contributed by atoms with Gasteiger partial charge in [0.25, 0.3) is 0 Å². The van der Waals surface area contributed by atoms with Crippen molar-refractivity contribution in [2.75, 3.05) is 20.8 Å². The van der Waals surface area contributed by atoms with Gasteiger partial charge in [-0.15, -0.1) is 0 Å². The van der Waals surface area contributed by atoms with Gasteiger partial charge >= 0.3 is 0 Å². The van der Waals surface area contributed by atoms with Gasteiger partial charge in [-0.25, -0.2) is 4.98 Å². The maximum absolute atomic E-state index is 11.8. The second kappa shape index (κ2) is 7.70. The Kier molecular flexibility index (Phi) is 5.66. The Bertz CT molecular complexity index is 643. The Hall–Kier alpha value is -2.21. The molecular weight excluding hydrogens is 306 g/mol. The highest BCUT2D eigenvalue weighted by Crippen LogP contribution is 2.27. The van der Waals surface area contributed by atoms with Gasteiger partial charge in [0.15, 0.2) is 11.5 Å². The van der Waals surface area contributed by atoms with Crippen LogP contribution in [0.3, 0.4) is 0 Å². The lowest BCUT2D eigenvalue weighted by Crippen LogP contribution is -2.29. The monoisotopic (exact) mass is 323 g/mol. The minimum absolute atomic E-state index is 0.111. The van der Waals surface area contributed by atoms with Crippen molar-refractivity contribution < 1.29 is 14.3 Å². The van der Waals surface area contributed by atoms with Crippen molar-refractivity contribution in [3.8, 4) is 11.5 Å². The molecule has 0 unspecified atom stereocenters. The van der Waals surface area contributed by atoms with Crippen molar-refractivity contribution in [3.05, 3.63) is 41.4 Å². The molecule has 7 heteroatoms. The van der Waals surface area contributed by atoms with Gasteiger partial charge < -0.3 is 19.4 Å². The number of methoxy groups -OCH3 is 2. The fraction of sp³-hybridized carbons (Fsp3) is 0.333. The molecule has 6 nitrogen and oxygen atoms in total. The van der Waals surface area contributed by atoms with Crippen LogP contribution in [0.2, 0.25) is 5.28 Å². The van der Waals surface area contributed by atoms with E-state index in [0.29, 0.717) is 29.7 Å². The van der Waals surface area contributed by atoms with Crippen LogP contribution in [0.25, 0.3) is 0 Å². The molecule has 1 N–H and O–H groups in total. The molecule has 1 aromatic carbocycles. The van der Waals surface area contributed by atoms with E-state index in [-0.39, 0.29) is 12.5 Å². The topological polar surface area (TPSA) is 65.4 Å². The number of halogens is 1. The van der Waals surface area contributed by atoms with Gasteiger partial charge in [-0.05, 0) is 35.7 Å². The van der Waals surface area contributed by atoms with Crippen LogP contribution >= 0.6 is 11.6 Å². The third kappa shape index (κ3) is 4.14. The number of ether oxygens (including phenoxy) is 2. The summed E-state index contributed by atoms with van der Waals surface area (Å²) < 4.78 is 12.0. The molecule has 1 heterocycles. The third-order valence-electron chi connectivity index (χ3n) is 3.16. The number of benzene rings is 1. The van der Waals surface area contributed by atoms with Gasteiger partial charge in [-0.3, -0.25) is 4.79 Å². The first-order valence-electron chi connectivity index (χ1n) is 6.78. The third-order valence-corrected chi connectivity index (χ3v) is 3.48. The molecular formula is C15H18ClN3O3. The molecule has 0 saturated carbocycles. The van der Waals surface area contributed by atoms with E-state index in [9.17, 15) is 4.79 Å². The second-order valence-electron chi connectivity index (χ2n) is 4.61. The van der Waals surface area contributed by atoms with Crippen molar-refractivity contribution in [1.29, 1.82) is 0 Å². The van der Waals surface area contributed by atoms with E-state index >= 15 is 0 Å².